The Kier molecular flexibility index (Phi) is 5.06. The molecule has 0 fully saturated rings. The second-order valence-corrected chi connectivity index (χ2v) is 6.95. The molecule has 28 heavy (non-hydrogen) atoms. The van der Waals surface area contributed by atoms with Gasteiger partial charge in [0, 0.05) is 19.3 Å². The van der Waals surface area contributed by atoms with Crippen LogP contribution in [-0.4, -0.2) is 46.8 Å². The molecule has 2 amide bonds. The number of amides is 2. The molecule has 4 rings (SSSR count). The summed E-state index contributed by atoms with van der Waals surface area (Å²) >= 11 is 0. The van der Waals surface area contributed by atoms with Gasteiger partial charge in [-0.15, -0.1) is 0 Å². The number of carbonyl (C=O) groups is 1. The maximum Gasteiger partial charge on any atom is 0.321 e. The third-order valence-electron chi connectivity index (χ3n) is 4.73. The molecule has 1 aliphatic heterocycles. The summed E-state index contributed by atoms with van der Waals surface area (Å²) in [5.41, 5.74) is 2.66. The van der Waals surface area contributed by atoms with Crippen LogP contribution in [0.4, 0.5) is 10.5 Å². The predicted molar refractivity (Wildman–Crippen MR) is 108 cm³/mol. The first-order valence-corrected chi connectivity index (χ1v) is 9.49. The van der Waals surface area contributed by atoms with Gasteiger partial charge in [0.2, 0.25) is 0 Å². The molecule has 1 aromatic heterocycles. The minimum atomic E-state index is -0.210. The molecule has 0 saturated carbocycles. The highest BCUT2D eigenvalue weighted by Gasteiger charge is 2.23. The van der Waals surface area contributed by atoms with Crippen LogP contribution < -0.4 is 14.8 Å². The van der Waals surface area contributed by atoms with Crippen LogP contribution in [0.1, 0.15) is 13.3 Å². The predicted octanol–water partition coefficient (Wildman–Crippen LogP) is 3.75. The van der Waals surface area contributed by atoms with Gasteiger partial charge in [0.05, 0.1) is 23.9 Å². The normalized spacial score (nSPS) is 15.4. The lowest BCUT2D eigenvalue weighted by Crippen LogP contribution is -2.43. The Labute approximate surface area is 163 Å². The molecule has 0 aliphatic carbocycles. The van der Waals surface area contributed by atoms with Gasteiger partial charge in [-0.2, -0.15) is 0 Å². The lowest BCUT2D eigenvalue weighted by Gasteiger charge is -2.29. The molecule has 2 heterocycles. The Morgan fingerprint density at radius 1 is 1.29 bits per heavy atom. The number of ether oxygens (including phenoxy) is 2. The number of anilines is 1. The van der Waals surface area contributed by atoms with Crippen molar-refractivity contribution in [3.63, 3.8) is 0 Å². The van der Waals surface area contributed by atoms with E-state index in [0.29, 0.717) is 18.9 Å². The molecule has 0 bridgehead atoms. The number of urea groups is 1. The zero-order chi connectivity index (χ0) is 19.5. The number of benzene rings is 2. The molecule has 0 spiro atoms. The molecule has 1 N–H and O–H groups in total. The van der Waals surface area contributed by atoms with Crippen LogP contribution in [0.2, 0.25) is 0 Å². The van der Waals surface area contributed by atoms with Crippen LogP contribution >= 0.6 is 0 Å². The third kappa shape index (κ3) is 3.74. The number of aryl methyl sites for hydroxylation is 1. The van der Waals surface area contributed by atoms with Gasteiger partial charge in [-0.25, -0.2) is 9.78 Å². The molecule has 1 aliphatic rings. The van der Waals surface area contributed by atoms with E-state index in [-0.39, 0.29) is 12.1 Å². The van der Waals surface area contributed by atoms with Gasteiger partial charge in [0.1, 0.15) is 6.61 Å². The minimum absolute atomic E-state index is 0.199. The van der Waals surface area contributed by atoms with E-state index in [1.165, 1.54) is 0 Å². The van der Waals surface area contributed by atoms with Crippen molar-refractivity contribution in [2.24, 2.45) is 0 Å². The van der Waals surface area contributed by atoms with E-state index in [0.717, 1.165) is 35.4 Å². The minimum Gasteiger partial charge on any atom is -0.486 e. The van der Waals surface area contributed by atoms with Gasteiger partial charge >= 0.3 is 6.03 Å². The van der Waals surface area contributed by atoms with Crippen molar-refractivity contribution >= 4 is 22.8 Å². The molecule has 7 heteroatoms. The van der Waals surface area contributed by atoms with Gasteiger partial charge in [-0.3, -0.25) is 0 Å². The van der Waals surface area contributed by atoms with Crippen LogP contribution in [0, 0.1) is 0 Å². The quantitative estimate of drug-likeness (QED) is 0.732. The third-order valence-corrected chi connectivity index (χ3v) is 4.73. The van der Waals surface area contributed by atoms with Crippen molar-refractivity contribution in [2.45, 2.75) is 26.0 Å². The Balaban J connectivity index is 1.37. The second-order valence-electron chi connectivity index (χ2n) is 6.95. The molecule has 0 radical (unpaired) electrons. The van der Waals surface area contributed by atoms with Crippen LogP contribution in [0.15, 0.2) is 48.8 Å². The summed E-state index contributed by atoms with van der Waals surface area (Å²) in [7, 11) is 1.74. The summed E-state index contributed by atoms with van der Waals surface area (Å²) < 4.78 is 13.8. The summed E-state index contributed by atoms with van der Waals surface area (Å²) in [4.78, 5) is 18.6. The fourth-order valence-electron chi connectivity index (χ4n) is 3.32. The van der Waals surface area contributed by atoms with Gasteiger partial charge in [0.15, 0.2) is 17.6 Å². The first-order chi connectivity index (χ1) is 13.6. The van der Waals surface area contributed by atoms with E-state index in [2.05, 4.69) is 21.8 Å². The van der Waals surface area contributed by atoms with Gasteiger partial charge < -0.3 is 24.3 Å². The molecule has 0 saturated heterocycles. The number of fused-ring (bicyclic) bond motifs is 2. The van der Waals surface area contributed by atoms with Crippen LogP contribution in [-0.2, 0) is 6.54 Å². The number of hydrogen-bond donors (Lipinski definition) is 1. The smallest absolute Gasteiger partial charge is 0.321 e. The van der Waals surface area contributed by atoms with Crippen molar-refractivity contribution in [3.05, 3.63) is 48.8 Å². The van der Waals surface area contributed by atoms with Crippen molar-refractivity contribution < 1.29 is 14.3 Å². The van der Waals surface area contributed by atoms with E-state index < -0.39 is 0 Å². The number of nitrogens with one attached hydrogen (secondary N) is 1. The standard InChI is InChI=1S/C21H24N4O3/c1-3-10-25-14-22-17-11-15(8-9-18(17)25)23-21(26)24(2)12-16-13-27-19-6-4-5-7-20(19)28-16/h4-9,11,14,16H,3,10,12-13H2,1-2H3,(H,23,26)/t16-/m1/s1. The largest absolute Gasteiger partial charge is 0.486 e. The van der Waals surface area contributed by atoms with Crippen molar-refractivity contribution in [1.29, 1.82) is 0 Å². The average Bonchev–Trinajstić information content (AvgIpc) is 3.10. The summed E-state index contributed by atoms with van der Waals surface area (Å²) in [6.07, 6.45) is 2.67. The molecule has 0 unspecified atom stereocenters. The average molecular weight is 380 g/mol. The number of imidazole rings is 1. The summed E-state index contributed by atoms with van der Waals surface area (Å²) in [6.45, 7) is 3.90. The Hall–Kier alpha value is -3.22. The first-order valence-electron chi connectivity index (χ1n) is 9.49. The summed E-state index contributed by atoms with van der Waals surface area (Å²) in [5.74, 6) is 1.45. The monoisotopic (exact) mass is 380 g/mol. The number of nitrogens with zero attached hydrogens (tertiary/aromatic N) is 3. The Morgan fingerprint density at radius 3 is 2.93 bits per heavy atom. The van der Waals surface area contributed by atoms with E-state index >= 15 is 0 Å². The van der Waals surface area contributed by atoms with Gasteiger partial charge in [0.25, 0.3) is 0 Å². The van der Waals surface area contributed by atoms with Crippen LogP contribution in [0.5, 0.6) is 11.5 Å². The maximum atomic E-state index is 12.6. The highest BCUT2D eigenvalue weighted by molar-refractivity contribution is 5.91. The summed E-state index contributed by atoms with van der Waals surface area (Å²) in [5, 5.41) is 2.93. The van der Waals surface area contributed by atoms with Crippen molar-refractivity contribution in [2.75, 3.05) is 25.5 Å². The van der Waals surface area contributed by atoms with E-state index in [1.807, 2.05) is 48.8 Å². The lowest BCUT2D eigenvalue weighted by molar-refractivity contribution is 0.0731. The fraction of sp³-hybridized carbons (Fsp3) is 0.333. The summed E-state index contributed by atoms with van der Waals surface area (Å²) in [6, 6.07) is 13.1. The van der Waals surface area contributed by atoms with Crippen molar-refractivity contribution in [1.82, 2.24) is 14.5 Å². The Bertz CT molecular complexity index is 985. The molecule has 146 valence electrons. The number of carbonyl (C=O) groups excluding carboxylic acids is 1. The Morgan fingerprint density at radius 2 is 2.11 bits per heavy atom. The second kappa shape index (κ2) is 7.80. The molecule has 3 aromatic rings. The van der Waals surface area contributed by atoms with Gasteiger partial charge in [-0.05, 0) is 36.8 Å². The van der Waals surface area contributed by atoms with E-state index in [9.17, 15) is 4.79 Å². The zero-order valence-corrected chi connectivity index (χ0v) is 16.1. The molecule has 1 atom stereocenters. The highest BCUT2D eigenvalue weighted by atomic mass is 16.6. The fourth-order valence-corrected chi connectivity index (χ4v) is 3.32. The maximum absolute atomic E-state index is 12.6. The molecular formula is C21H24N4O3. The van der Waals surface area contributed by atoms with Crippen LogP contribution in [0.3, 0.4) is 0 Å². The zero-order valence-electron chi connectivity index (χ0n) is 16.1. The number of rotatable bonds is 5. The number of hydrogen-bond acceptors (Lipinski definition) is 4. The lowest BCUT2D eigenvalue weighted by atomic mass is 10.2. The van der Waals surface area contributed by atoms with Crippen molar-refractivity contribution in [3.8, 4) is 11.5 Å². The van der Waals surface area contributed by atoms with Crippen LogP contribution in [0.25, 0.3) is 11.0 Å². The topological polar surface area (TPSA) is 68.6 Å². The molecule has 2 aromatic carbocycles. The number of aromatic nitrogens is 2. The molecular weight excluding hydrogens is 356 g/mol. The number of para-hydroxylation sites is 2. The van der Waals surface area contributed by atoms with E-state index in [4.69, 9.17) is 9.47 Å². The number of likely N-dealkylation sites (N-methyl/N-ethyl adjacent to an activating group) is 1. The van der Waals surface area contributed by atoms with Gasteiger partial charge in [-0.1, -0.05) is 19.1 Å². The SMILES string of the molecule is CCCn1cnc2cc(NC(=O)N(C)C[C@@H]3COc4ccccc4O3)ccc21. The first kappa shape index (κ1) is 18.2. The highest BCUT2D eigenvalue weighted by Crippen LogP contribution is 2.31. The van der Waals surface area contributed by atoms with E-state index in [1.54, 1.807) is 11.9 Å². The molecule has 7 nitrogen and oxygen atoms in total.